The normalized spacial score (nSPS) is 15.5. The SMILES string of the molecule is C[C@H](OC(=O)C[C@H](O)C(=O)O)C(C)(C)C. The molecule has 0 saturated heterocycles. The van der Waals surface area contributed by atoms with Crippen molar-refractivity contribution in [1.82, 2.24) is 0 Å². The summed E-state index contributed by atoms with van der Waals surface area (Å²) < 4.78 is 4.97. The minimum Gasteiger partial charge on any atom is -0.479 e. The van der Waals surface area contributed by atoms with E-state index in [1.54, 1.807) is 6.92 Å². The standard InChI is InChI=1S/C10H18O5/c1-6(10(2,3)4)15-8(12)5-7(11)9(13)14/h6-7,11H,5H2,1-4H3,(H,13,14)/t6-,7-/m0/s1. The summed E-state index contributed by atoms with van der Waals surface area (Å²) in [6.45, 7) is 7.43. The largest absolute Gasteiger partial charge is 0.479 e. The number of carboxylic acids is 1. The van der Waals surface area contributed by atoms with Gasteiger partial charge in [0.2, 0.25) is 0 Å². The predicted molar refractivity (Wildman–Crippen MR) is 53.3 cm³/mol. The summed E-state index contributed by atoms with van der Waals surface area (Å²) in [6, 6.07) is 0. The van der Waals surface area contributed by atoms with Crippen LogP contribution in [0.2, 0.25) is 0 Å². The highest BCUT2D eigenvalue weighted by Crippen LogP contribution is 2.22. The fourth-order valence-corrected chi connectivity index (χ4v) is 0.667. The van der Waals surface area contributed by atoms with Gasteiger partial charge in [-0.25, -0.2) is 4.79 Å². The molecule has 2 atom stereocenters. The van der Waals surface area contributed by atoms with E-state index in [1.165, 1.54) is 0 Å². The summed E-state index contributed by atoms with van der Waals surface area (Å²) >= 11 is 0. The summed E-state index contributed by atoms with van der Waals surface area (Å²) in [6.07, 6.45) is -2.54. The zero-order chi connectivity index (χ0) is 12.2. The van der Waals surface area contributed by atoms with E-state index in [4.69, 9.17) is 14.9 Å². The zero-order valence-electron chi connectivity index (χ0n) is 9.48. The molecule has 0 rings (SSSR count). The molecule has 0 aromatic heterocycles. The van der Waals surface area contributed by atoms with Crippen molar-refractivity contribution >= 4 is 11.9 Å². The fraction of sp³-hybridized carbons (Fsp3) is 0.800. The summed E-state index contributed by atoms with van der Waals surface area (Å²) in [5.41, 5.74) is -0.205. The van der Waals surface area contributed by atoms with Gasteiger partial charge in [-0.1, -0.05) is 20.8 Å². The third kappa shape index (κ3) is 5.37. The molecule has 15 heavy (non-hydrogen) atoms. The van der Waals surface area contributed by atoms with Crippen molar-refractivity contribution in [3.8, 4) is 0 Å². The molecule has 5 heteroatoms. The molecule has 0 heterocycles. The van der Waals surface area contributed by atoms with Crippen LogP contribution in [0, 0.1) is 5.41 Å². The lowest BCUT2D eigenvalue weighted by Gasteiger charge is -2.27. The van der Waals surface area contributed by atoms with Gasteiger partial charge in [-0.15, -0.1) is 0 Å². The molecule has 0 amide bonds. The van der Waals surface area contributed by atoms with Gasteiger partial charge in [-0.2, -0.15) is 0 Å². The van der Waals surface area contributed by atoms with E-state index in [2.05, 4.69) is 0 Å². The summed E-state index contributed by atoms with van der Waals surface area (Å²) in [4.78, 5) is 21.4. The van der Waals surface area contributed by atoms with Crippen LogP contribution in [0.4, 0.5) is 0 Å². The Balaban J connectivity index is 4.11. The third-order valence-electron chi connectivity index (χ3n) is 2.17. The van der Waals surface area contributed by atoms with E-state index < -0.39 is 24.5 Å². The molecule has 0 unspecified atom stereocenters. The van der Waals surface area contributed by atoms with Crippen molar-refractivity contribution in [2.45, 2.75) is 46.3 Å². The number of ether oxygens (including phenoxy) is 1. The van der Waals surface area contributed by atoms with Gasteiger partial charge in [0, 0.05) is 0 Å². The number of hydrogen-bond acceptors (Lipinski definition) is 4. The van der Waals surface area contributed by atoms with E-state index in [0.29, 0.717) is 0 Å². The molecule has 0 fully saturated rings. The van der Waals surface area contributed by atoms with Crippen LogP contribution in [0.15, 0.2) is 0 Å². The molecule has 0 saturated carbocycles. The first-order valence-electron chi connectivity index (χ1n) is 4.75. The van der Waals surface area contributed by atoms with Crippen LogP contribution >= 0.6 is 0 Å². The highest BCUT2D eigenvalue weighted by Gasteiger charge is 2.26. The molecule has 2 N–H and O–H groups in total. The van der Waals surface area contributed by atoms with Crippen molar-refractivity contribution in [1.29, 1.82) is 0 Å². The molecule has 0 aliphatic rings. The first kappa shape index (κ1) is 13.9. The first-order valence-corrected chi connectivity index (χ1v) is 4.75. The van der Waals surface area contributed by atoms with Crippen molar-refractivity contribution in [3.63, 3.8) is 0 Å². The molecule has 88 valence electrons. The molecule has 0 radical (unpaired) electrons. The Kier molecular flexibility index (Phi) is 4.74. The molecule has 5 nitrogen and oxygen atoms in total. The first-order chi connectivity index (χ1) is 6.64. The Morgan fingerprint density at radius 1 is 1.33 bits per heavy atom. The summed E-state index contributed by atoms with van der Waals surface area (Å²) in [5, 5.41) is 17.3. The highest BCUT2D eigenvalue weighted by molar-refractivity contribution is 5.80. The number of esters is 1. The smallest absolute Gasteiger partial charge is 0.333 e. The minimum absolute atomic E-state index is 0.205. The van der Waals surface area contributed by atoms with Crippen LogP contribution in [0.25, 0.3) is 0 Å². The van der Waals surface area contributed by atoms with Crippen LogP contribution in [0.1, 0.15) is 34.1 Å². The highest BCUT2D eigenvalue weighted by atomic mass is 16.5. The number of carbonyl (C=O) groups excluding carboxylic acids is 1. The van der Waals surface area contributed by atoms with Gasteiger partial charge in [0.15, 0.2) is 6.10 Å². The second-order valence-electron chi connectivity index (χ2n) is 4.56. The van der Waals surface area contributed by atoms with Gasteiger partial charge in [0.25, 0.3) is 0 Å². The molecule has 0 bridgehead atoms. The van der Waals surface area contributed by atoms with Gasteiger partial charge >= 0.3 is 11.9 Å². The average molecular weight is 218 g/mol. The lowest BCUT2D eigenvalue weighted by molar-refractivity contribution is -0.161. The number of aliphatic hydroxyl groups excluding tert-OH is 1. The van der Waals surface area contributed by atoms with E-state index in [0.717, 1.165) is 0 Å². The molecule has 0 aromatic carbocycles. The Hall–Kier alpha value is -1.10. The number of hydrogen-bond donors (Lipinski definition) is 2. The van der Waals surface area contributed by atoms with Gasteiger partial charge < -0.3 is 14.9 Å². The Morgan fingerprint density at radius 2 is 1.80 bits per heavy atom. The maximum Gasteiger partial charge on any atom is 0.333 e. The van der Waals surface area contributed by atoms with Gasteiger partial charge in [-0.3, -0.25) is 4.79 Å². The second-order valence-corrected chi connectivity index (χ2v) is 4.56. The van der Waals surface area contributed by atoms with Crippen molar-refractivity contribution < 1.29 is 24.5 Å². The number of carbonyl (C=O) groups is 2. The number of aliphatic hydroxyl groups is 1. The lowest BCUT2D eigenvalue weighted by Crippen LogP contribution is -2.31. The average Bonchev–Trinajstić information content (AvgIpc) is 2.01. The predicted octanol–water partition coefficient (Wildman–Crippen LogP) is 0.800. The Bertz CT molecular complexity index is 241. The summed E-state index contributed by atoms with van der Waals surface area (Å²) in [5.74, 6) is -2.12. The fourth-order valence-electron chi connectivity index (χ4n) is 0.667. The molecule has 0 aromatic rings. The second kappa shape index (κ2) is 5.11. The van der Waals surface area contributed by atoms with Crippen LogP contribution < -0.4 is 0 Å². The maximum absolute atomic E-state index is 11.2. The summed E-state index contributed by atoms with van der Waals surface area (Å²) in [7, 11) is 0. The van der Waals surface area contributed by atoms with Crippen LogP contribution in [-0.4, -0.2) is 34.4 Å². The van der Waals surface area contributed by atoms with Gasteiger partial charge in [0.05, 0.1) is 6.42 Å². The van der Waals surface area contributed by atoms with Crippen molar-refractivity contribution in [2.75, 3.05) is 0 Å². The number of carboxylic acid groups (broad SMARTS) is 1. The third-order valence-corrected chi connectivity index (χ3v) is 2.17. The van der Waals surface area contributed by atoms with E-state index in [9.17, 15) is 9.59 Å². The van der Waals surface area contributed by atoms with Crippen molar-refractivity contribution in [2.24, 2.45) is 5.41 Å². The van der Waals surface area contributed by atoms with Crippen LogP contribution in [0.5, 0.6) is 0 Å². The molecule has 0 aliphatic heterocycles. The molecular weight excluding hydrogens is 200 g/mol. The number of rotatable bonds is 4. The minimum atomic E-state index is -1.69. The van der Waals surface area contributed by atoms with E-state index in [-0.39, 0.29) is 11.5 Å². The number of aliphatic carboxylic acids is 1. The van der Waals surface area contributed by atoms with E-state index >= 15 is 0 Å². The molecule has 0 aliphatic carbocycles. The van der Waals surface area contributed by atoms with Crippen molar-refractivity contribution in [3.05, 3.63) is 0 Å². The van der Waals surface area contributed by atoms with Crippen LogP contribution in [-0.2, 0) is 14.3 Å². The molecule has 0 spiro atoms. The van der Waals surface area contributed by atoms with Gasteiger partial charge in [-0.05, 0) is 12.3 Å². The monoisotopic (exact) mass is 218 g/mol. The topological polar surface area (TPSA) is 83.8 Å². The quantitative estimate of drug-likeness (QED) is 0.682. The Morgan fingerprint density at radius 3 is 2.13 bits per heavy atom. The van der Waals surface area contributed by atoms with E-state index in [1.807, 2.05) is 20.8 Å². The van der Waals surface area contributed by atoms with Gasteiger partial charge in [0.1, 0.15) is 6.10 Å². The lowest BCUT2D eigenvalue weighted by atomic mass is 9.90. The Labute approximate surface area is 89.0 Å². The molecular formula is C10H18O5. The maximum atomic E-state index is 11.2. The van der Waals surface area contributed by atoms with Crippen LogP contribution in [0.3, 0.4) is 0 Å². The zero-order valence-corrected chi connectivity index (χ0v) is 9.48.